The molecule has 0 atom stereocenters. The maximum absolute atomic E-state index is 13.1. The molecule has 2 aromatic carbocycles. The van der Waals surface area contributed by atoms with Gasteiger partial charge in [-0.1, -0.05) is 23.4 Å². The number of ether oxygens (including phenoxy) is 1. The van der Waals surface area contributed by atoms with Gasteiger partial charge in [0.2, 0.25) is 0 Å². The zero-order valence-electron chi connectivity index (χ0n) is 10.4. The average Bonchev–Trinajstić information content (AvgIpc) is 2.48. The van der Waals surface area contributed by atoms with E-state index >= 15 is 0 Å². The standard InChI is InChI=1S/C14H12BrFN2O2/c15-12-6-9(4-5-13(12)16)8-20-11-3-1-2-10(7-11)14(17)18-19/h1-7,19H,8H2,(H2,17,18). The summed E-state index contributed by atoms with van der Waals surface area (Å²) in [5.74, 6) is 0.275. The van der Waals surface area contributed by atoms with Crippen LogP contribution in [0.25, 0.3) is 0 Å². The number of halogens is 2. The molecule has 3 N–H and O–H groups in total. The Morgan fingerprint density at radius 1 is 1.30 bits per heavy atom. The summed E-state index contributed by atoms with van der Waals surface area (Å²) in [4.78, 5) is 0. The number of rotatable bonds is 4. The molecule has 0 aliphatic carbocycles. The van der Waals surface area contributed by atoms with Gasteiger partial charge in [0.05, 0.1) is 4.47 Å². The fraction of sp³-hybridized carbons (Fsp3) is 0.0714. The third-order valence-electron chi connectivity index (χ3n) is 2.63. The number of hydrogen-bond donors (Lipinski definition) is 2. The van der Waals surface area contributed by atoms with E-state index in [1.54, 1.807) is 36.4 Å². The van der Waals surface area contributed by atoms with Crippen molar-refractivity contribution in [2.24, 2.45) is 10.9 Å². The van der Waals surface area contributed by atoms with E-state index in [1.807, 2.05) is 0 Å². The first-order valence-corrected chi connectivity index (χ1v) is 6.54. The van der Waals surface area contributed by atoms with Gasteiger partial charge >= 0.3 is 0 Å². The van der Waals surface area contributed by atoms with Crippen LogP contribution in [0, 0.1) is 5.82 Å². The molecule has 6 heteroatoms. The number of nitrogens with zero attached hydrogens (tertiary/aromatic N) is 1. The third-order valence-corrected chi connectivity index (χ3v) is 3.23. The zero-order valence-corrected chi connectivity index (χ0v) is 12.0. The minimum Gasteiger partial charge on any atom is -0.489 e. The second kappa shape index (κ2) is 6.38. The zero-order chi connectivity index (χ0) is 14.5. The van der Waals surface area contributed by atoms with Crippen molar-refractivity contribution in [3.05, 3.63) is 63.9 Å². The summed E-state index contributed by atoms with van der Waals surface area (Å²) < 4.78 is 19.1. The molecule has 0 fully saturated rings. The number of benzene rings is 2. The molecule has 0 aromatic heterocycles. The molecule has 0 bridgehead atoms. The van der Waals surface area contributed by atoms with E-state index in [1.165, 1.54) is 6.07 Å². The topological polar surface area (TPSA) is 67.8 Å². The van der Waals surface area contributed by atoms with Crippen molar-refractivity contribution in [2.75, 3.05) is 0 Å². The first-order chi connectivity index (χ1) is 9.60. The van der Waals surface area contributed by atoms with Crippen molar-refractivity contribution >= 4 is 21.8 Å². The number of amidine groups is 1. The van der Waals surface area contributed by atoms with Gasteiger partial charge in [-0.25, -0.2) is 4.39 Å². The van der Waals surface area contributed by atoms with Crippen LogP contribution >= 0.6 is 15.9 Å². The monoisotopic (exact) mass is 338 g/mol. The quantitative estimate of drug-likeness (QED) is 0.389. The molecule has 2 aromatic rings. The van der Waals surface area contributed by atoms with E-state index in [0.717, 1.165) is 5.56 Å². The van der Waals surface area contributed by atoms with Gasteiger partial charge in [0.25, 0.3) is 0 Å². The molecule has 0 saturated carbocycles. The number of nitrogens with two attached hydrogens (primary N) is 1. The summed E-state index contributed by atoms with van der Waals surface area (Å²) >= 11 is 3.12. The third kappa shape index (κ3) is 3.48. The lowest BCUT2D eigenvalue weighted by Gasteiger charge is -2.08. The Morgan fingerprint density at radius 2 is 2.10 bits per heavy atom. The van der Waals surface area contributed by atoms with Crippen LogP contribution in [0.15, 0.2) is 52.1 Å². The van der Waals surface area contributed by atoms with Crippen LogP contribution in [0.5, 0.6) is 5.75 Å². The molecule has 104 valence electrons. The van der Waals surface area contributed by atoms with E-state index in [4.69, 9.17) is 15.7 Å². The van der Waals surface area contributed by atoms with Gasteiger partial charge in [-0.05, 0) is 45.8 Å². The first-order valence-electron chi connectivity index (χ1n) is 5.75. The summed E-state index contributed by atoms with van der Waals surface area (Å²) in [6, 6.07) is 11.5. The Kier molecular flexibility index (Phi) is 4.57. The van der Waals surface area contributed by atoms with Crippen LogP contribution in [-0.4, -0.2) is 11.0 Å². The van der Waals surface area contributed by atoms with E-state index < -0.39 is 0 Å². The molecular weight excluding hydrogens is 327 g/mol. The highest BCUT2D eigenvalue weighted by molar-refractivity contribution is 9.10. The molecular formula is C14H12BrFN2O2. The van der Waals surface area contributed by atoms with Crippen LogP contribution in [0.2, 0.25) is 0 Å². The van der Waals surface area contributed by atoms with Crippen molar-refractivity contribution in [1.82, 2.24) is 0 Å². The van der Waals surface area contributed by atoms with Crippen LogP contribution in [0.3, 0.4) is 0 Å². The lowest BCUT2D eigenvalue weighted by molar-refractivity contribution is 0.305. The molecule has 0 aliphatic rings. The predicted molar refractivity (Wildman–Crippen MR) is 77.4 cm³/mol. The van der Waals surface area contributed by atoms with E-state index in [9.17, 15) is 4.39 Å². The molecule has 0 aliphatic heterocycles. The number of hydrogen-bond acceptors (Lipinski definition) is 3. The van der Waals surface area contributed by atoms with Gasteiger partial charge in [-0.2, -0.15) is 0 Å². The molecule has 0 unspecified atom stereocenters. The first kappa shape index (κ1) is 14.3. The fourth-order valence-electron chi connectivity index (χ4n) is 1.60. The van der Waals surface area contributed by atoms with Crippen molar-refractivity contribution in [3.63, 3.8) is 0 Å². The van der Waals surface area contributed by atoms with Gasteiger partial charge < -0.3 is 15.7 Å². The largest absolute Gasteiger partial charge is 0.489 e. The Balaban J connectivity index is 2.09. The smallest absolute Gasteiger partial charge is 0.170 e. The predicted octanol–water partition coefficient (Wildman–Crippen LogP) is 3.26. The molecule has 0 radical (unpaired) electrons. The van der Waals surface area contributed by atoms with Gasteiger partial charge in [0.1, 0.15) is 18.2 Å². The highest BCUT2D eigenvalue weighted by Crippen LogP contribution is 2.19. The Labute approximate surface area is 123 Å². The van der Waals surface area contributed by atoms with Crippen molar-refractivity contribution in [3.8, 4) is 5.75 Å². The normalized spacial score (nSPS) is 11.4. The van der Waals surface area contributed by atoms with Gasteiger partial charge in [-0.3, -0.25) is 0 Å². The molecule has 0 saturated heterocycles. The maximum atomic E-state index is 13.1. The lowest BCUT2D eigenvalue weighted by atomic mass is 10.2. The molecule has 0 amide bonds. The second-order valence-corrected chi connectivity index (χ2v) is 4.90. The summed E-state index contributed by atoms with van der Waals surface area (Å²) in [6.45, 7) is 0.290. The second-order valence-electron chi connectivity index (χ2n) is 4.05. The minimum atomic E-state index is -0.317. The SMILES string of the molecule is NC(=NO)c1cccc(OCc2ccc(F)c(Br)c2)c1. The van der Waals surface area contributed by atoms with E-state index in [-0.39, 0.29) is 11.7 Å². The Hall–Kier alpha value is -2.08. The summed E-state index contributed by atoms with van der Waals surface area (Å²) in [7, 11) is 0. The van der Waals surface area contributed by atoms with Crippen LogP contribution in [-0.2, 0) is 6.61 Å². The highest BCUT2D eigenvalue weighted by atomic mass is 79.9. The summed E-state index contributed by atoms with van der Waals surface area (Å²) in [5, 5.41) is 11.6. The van der Waals surface area contributed by atoms with Crippen LogP contribution < -0.4 is 10.5 Å². The van der Waals surface area contributed by atoms with Crippen molar-refractivity contribution in [1.29, 1.82) is 0 Å². The Bertz CT molecular complexity index is 647. The maximum Gasteiger partial charge on any atom is 0.170 e. The Morgan fingerprint density at radius 3 is 2.80 bits per heavy atom. The van der Waals surface area contributed by atoms with E-state index in [0.29, 0.717) is 22.4 Å². The summed E-state index contributed by atoms with van der Waals surface area (Å²) in [5.41, 5.74) is 6.89. The van der Waals surface area contributed by atoms with Crippen molar-refractivity contribution in [2.45, 2.75) is 6.61 Å². The minimum absolute atomic E-state index is 0.0139. The fourth-order valence-corrected chi connectivity index (χ4v) is 2.03. The van der Waals surface area contributed by atoms with Gasteiger partial charge in [0.15, 0.2) is 5.84 Å². The lowest BCUT2D eigenvalue weighted by Crippen LogP contribution is -2.12. The van der Waals surface area contributed by atoms with Crippen molar-refractivity contribution < 1.29 is 14.3 Å². The van der Waals surface area contributed by atoms with Gasteiger partial charge in [0, 0.05) is 5.56 Å². The highest BCUT2D eigenvalue weighted by Gasteiger charge is 2.04. The average molecular weight is 339 g/mol. The van der Waals surface area contributed by atoms with E-state index in [2.05, 4.69) is 21.1 Å². The summed E-state index contributed by atoms with van der Waals surface area (Å²) in [6.07, 6.45) is 0. The molecule has 0 heterocycles. The molecule has 20 heavy (non-hydrogen) atoms. The number of oxime groups is 1. The molecule has 4 nitrogen and oxygen atoms in total. The van der Waals surface area contributed by atoms with Gasteiger partial charge in [-0.15, -0.1) is 0 Å². The molecule has 0 spiro atoms. The molecule has 2 rings (SSSR count). The van der Waals surface area contributed by atoms with Crippen LogP contribution in [0.1, 0.15) is 11.1 Å². The van der Waals surface area contributed by atoms with Crippen LogP contribution in [0.4, 0.5) is 4.39 Å².